The van der Waals surface area contributed by atoms with Gasteiger partial charge in [-0.05, 0) is 19.8 Å². The second-order valence-electron chi connectivity index (χ2n) is 4.14. The van der Waals surface area contributed by atoms with Gasteiger partial charge in [0, 0.05) is 18.9 Å². The summed E-state index contributed by atoms with van der Waals surface area (Å²) in [6, 6.07) is 0. The Hall–Kier alpha value is -1.45. The van der Waals surface area contributed by atoms with E-state index in [1.54, 1.807) is 13.0 Å². The van der Waals surface area contributed by atoms with Crippen LogP contribution in [0.25, 0.3) is 0 Å². The third-order valence-corrected chi connectivity index (χ3v) is 3.08. The van der Waals surface area contributed by atoms with Crippen LogP contribution in [-0.4, -0.2) is 24.6 Å². The van der Waals surface area contributed by atoms with Gasteiger partial charge in [-0.3, -0.25) is 9.59 Å². The van der Waals surface area contributed by atoms with Crippen LogP contribution in [0.15, 0.2) is 12.2 Å². The van der Waals surface area contributed by atoms with Crippen LogP contribution in [0.5, 0.6) is 0 Å². The van der Waals surface area contributed by atoms with E-state index in [0.29, 0.717) is 25.7 Å². The Morgan fingerprint density at radius 2 is 1.94 bits per heavy atom. The molecular weight excluding hydrogens is 208 g/mol. The highest BCUT2D eigenvalue weighted by atomic mass is 16.5. The molecule has 0 heterocycles. The molecule has 0 aromatic carbocycles. The Kier molecular flexibility index (Phi) is 3.99. The van der Waals surface area contributed by atoms with Gasteiger partial charge < -0.3 is 4.74 Å². The zero-order chi connectivity index (χ0) is 12.2. The maximum absolute atomic E-state index is 11.6. The van der Waals surface area contributed by atoms with Gasteiger partial charge in [0.1, 0.15) is 11.6 Å². The third-order valence-electron chi connectivity index (χ3n) is 3.08. The molecule has 0 aromatic rings. The number of allylic oxidation sites excluding steroid dienone is 1. The van der Waals surface area contributed by atoms with Crippen molar-refractivity contribution >= 4 is 17.5 Å². The first-order chi connectivity index (χ1) is 7.50. The molecule has 88 valence electrons. The summed E-state index contributed by atoms with van der Waals surface area (Å²) in [5, 5.41) is 0. The van der Waals surface area contributed by atoms with Crippen LogP contribution in [0.4, 0.5) is 0 Å². The van der Waals surface area contributed by atoms with E-state index in [1.165, 1.54) is 13.2 Å². The van der Waals surface area contributed by atoms with Gasteiger partial charge in [0.25, 0.3) is 0 Å². The Morgan fingerprint density at radius 3 is 2.44 bits per heavy atom. The maximum atomic E-state index is 11.6. The standard InChI is InChI=1S/C12H16O4/c1-12(9(13)6-7-10(12)14)8-4-3-5-11(15)16-2/h3,5H,4,6-8H2,1-2H3/b5-3+. The van der Waals surface area contributed by atoms with Crippen molar-refractivity contribution in [2.24, 2.45) is 5.41 Å². The second-order valence-corrected chi connectivity index (χ2v) is 4.14. The minimum Gasteiger partial charge on any atom is -0.466 e. The number of ether oxygens (including phenoxy) is 1. The minimum atomic E-state index is -0.833. The van der Waals surface area contributed by atoms with Crippen LogP contribution in [-0.2, 0) is 19.1 Å². The monoisotopic (exact) mass is 224 g/mol. The van der Waals surface area contributed by atoms with Crippen LogP contribution < -0.4 is 0 Å². The molecule has 0 unspecified atom stereocenters. The molecule has 0 aromatic heterocycles. The molecule has 0 spiro atoms. The zero-order valence-corrected chi connectivity index (χ0v) is 9.62. The third kappa shape index (κ3) is 2.56. The molecule has 1 fully saturated rings. The fourth-order valence-electron chi connectivity index (χ4n) is 1.83. The smallest absolute Gasteiger partial charge is 0.330 e. The normalized spacial score (nSPS) is 19.4. The largest absolute Gasteiger partial charge is 0.466 e. The first-order valence-electron chi connectivity index (χ1n) is 5.32. The fraction of sp³-hybridized carbons (Fsp3) is 0.583. The van der Waals surface area contributed by atoms with Crippen molar-refractivity contribution in [3.8, 4) is 0 Å². The Labute approximate surface area is 94.7 Å². The molecule has 0 atom stereocenters. The van der Waals surface area contributed by atoms with E-state index < -0.39 is 11.4 Å². The summed E-state index contributed by atoms with van der Waals surface area (Å²) in [5.74, 6) is -0.387. The minimum absolute atomic E-state index is 0.0176. The summed E-state index contributed by atoms with van der Waals surface area (Å²) < 4.78 is 4.43. The van der Waals surface area contributed by atoms with Crippen LogP contribution in [0.1, 0.15) is 32.6 Å². The van der Waals surface area contributed by atoms with Crippen molar-refractivity contribution < 1.29 is 19.1 Å². The number of hydrogen-bond donors (Lipinski definition) is 0. The molecule has 0 amide bonds. The van der Waals surface area contributed by atoms with E-state index in [-0.39, 0.29) is 11.6 Å². The molecule has 0 bridgehead atoms. The van der Waals surface area contributed by atoms with Gasteiger partial charge in [-0.2, -0.15) is 0 Å². The van der Waals surface area contributed by atoms with Crippen LogP contribution in [0, 0.1) is 5.41 Å². The molecule has 0 radical (unpaired) electrons. The first-order valence-corrected chi connectivity index (χ1v) is 5.32. The van der Waals surface area contributed by atoms with Crippen molar-refractivity contribution in [2.75, 3.05) is 7.11 Å². The van der Waals surface area contributed by atoms with Gasteiger partial charge in [-0.25, -0.2) is 4.79 Å². The number of carbonyl (C=O) groups excluding carboxylic acids is 3. The molecule has 0 N–H and O–H groups in total. The van der Waals surface area contributed by atoms with E-state index in [0.717, 1.165) is 0 Å². The predicted molar refractivity (Wildman–Crippen MR) is 57.7 cm³/mol. The topological polar surface area (TPSA) is 60.4 Å². The van der Waals surface area contributed by atoms with Crippen molar-refractivity contribution in [1.29, 1.82) is 0 Å². The summed E-state index contributed by atoms with van der Waals surface area (Å²) in [6.45, 7) is 1.69. The molecule has 1 aliphatic carbocycles. The lowest BCUT2D eigenvalue weighted by Crippen LogP contribution is -2.28. The van der Waals surface area contributed by atoms with Crippen molar-refractivity contribution in [3.05, 3.63) is 12.2 Å². The van der Waals surface area contributed by atoms with E-state index in [2.05, 4.69) is 4.74 Å². The first kappa shape index (κ1) is 12.6. The SMILES string of the molecule is COC(=O)/C=C/CCC1(C)C(=O)CCC1=O. The number of esters is 1. The summed E-state index contributed by atoms with van der Waals surface area (Å²) in [6.07, 6.45) is 4.66. The van der Waals surface area contributed by atoms with E-state index >= 15 is 0 Å². The predicted octanol–water partition coefficient (Wildman–Crippen LogP) is 1.43. The van der Waals surface area contributed by atoms with Gasteiger partial charge in [-0.1, -0.05) is 6.08 Å². The molecule has 4 heteroatoms. The van der Waals surface area contributed by atoms with Gasteiger partial charge in [-0.15, -0.1) is 0 Å². The highest BCUT2D eigenvalue weighted by molar-refractivity contribution is 6.12. The lowest BCUT2D eigenvalue weighted by Gasteiger charge is -2.18. The number of methoxy groups -OCH3 is 1. The lowest BCUT2D eigenvalue weighted by molar-refractivity contribution is -0.135. The summed E-state index contributed by atoms with van der Waals surface area (Å²) in [7, 11) is 1.30. The van der Waals surface area contributed by atoms with E-state index in [9.17, 15) is 14.4 Å². The van der Waals surface area contributed by atoms with Gasteiger partial charge >= 0.3 is 5.97 Å². The Balaban J connectivity index is 2.48. The number of hydrogen-bond acceptors (Lipinski definition) is 4. The maximum Gasteiger partial charge on any atom is 0.330 e. The van der Waals surface area contributed by atoms with Crippen LogP contribution in [0.3, 0.4) is 0 Å². The molecule has 1 aliphatic rings. The molecule has 4 nitrogen and oxygen atoms in total. The molecular formula is C12H16O4. The highest BCUT2D eigenvalue weighted by Gasteiger charge is 2.44. The van der Waals surface area contributed by atoms with Gasteiger partial charge in [0.2, 0.25) is 0 Å². The Bertz CT molecular complexity index is 325. The average molecular weight is 224 g/mol. The number of Topliss-reactive ketones (excluding diaryl/α,β-unsaturated/α-hetero) is 2. The van der Waals surface area contributed by atoms with Crippen molar-refractivity contribution in [1.82, 2.24) is 0 Å². The summed E-state index contributed by atoms with van der Waals surface area (Å²) >= 11 is 0. The van der Waals surface area contributed by atoms with Crippen LogP contribution in [0.2, 0.25) is 0 Å². The highest BCUT2D eigenvalue weighted by Crippen LogP contribution is 2.35. The fourth-order valence-corrected chi connectivity index (χ4v) is 1.83. The van der Waals surface area contributed by atoms with Crippen molar-refractivity contribution in [3.63, 3.8) is 0 Å². The zero-order valence-electron chi connectivity index (χ0n) is 9.62. The van der Waals surface area contributed by atoms with Gasteiger partial charge in [0.05, 0.1) is 12.5 Å². The molecule has 0 aliphatic heterocycles. The van der Waals surface area contributed by atoms with Gasteiger partial charge in [0.15, 0.2) is 0 Å². The number of rotatable bonds is 4. The van der Waals surface area contributed by atoms with Crippen molar-refractivity contribution in [2.45, 2.75) is 32.6 Å². The average Bonchev–Trinajstić information content (AvgIpc) is 2.52. The summed E-state index contributed by atoms with van der Waals surface area (Å²) in [4.78, 5) is 33.9. The molecule has 1 rings (SSSR count). The number of ketones is 2. The second kappa shape index (κ2) is 5.05. The van der Waals surface area contributed by atoms with E-state index in [4.69, 9.17) is 0 Å². The quantitative estimate of drug-likeness (QED) is 0.412. The van der Waals surface area contributed by atoms with Crippen LogP contribution >= 0.6 is 0 Å². The molecule has 16 heavy (non-hydrogen) atoms. The Morgan fingerprint density at radius 1 is 1.38 bits per heavy atom. The number of carbonyl (C=O) groups is 3. The molecule has 0 saturated heterocycles. The lowest BCUT2D eigenvalue weighted by atomic mass is 9.82. The van der Waals surface area contributed by atoms with E-state index in [1.807, 2.05) is 0 Å². The molecule has 1 saturated carbocycles. The summed E-state index contributed by atoms with van der Waals surface area (Å²) in [5.41, 5.74) is -0.833.